The third kappa shape index (κ3) is 3.10. The van der Waals surface area contributed by atoms with Gasteiger partial charge in [0.1, 0.15) is 0 Å². The Hall–Kier alpha value is 0.0900. The summed E-state index contributed by atoms with van der Waals surface area (Å²) in [6.45, 7) is 1.49. The van der Waals surface area contributed by atoms with Crippen LogP contribution in [0.4, 0.5) is 0 Å². The second-order valence-corrected chi connectivity index (χ2v) is 7.75. The van der Waals surface area contributed by atoms with Crippen LogP contribution in [-0.2, 0) is 4.74 Å². The molecule has 0 saturated carbocycles. The fourth-order valence-electron chi connectivity index (χ4n) is 1.91. The Morgan fingerprint density at radius 2 is 2.12 bits per heavy atom. The number of rotatable bonds is 2. The van der Waals surface area contributed by atoms with Crippen molar-refractivity contribution in [3.63, 3.8) is 0 Å². The minimum Gasteiger partial charge on any atom is -0.381 e. The molecule has 0 N–H and O–H groups in total. The van der Waals surface area contributed by atoms with E-state index >= 15 is 0 Å². The van der Waals surface area contributed by atoms with Crippen molar-refractivity contribution in [2.45, 2.75) is 18.9 Å². The average molecular weight is 383 g/mol. The first kappa shape index (κ1) is 13.5. The van der Waals surface area contributed by atoms with Crippen molar-refractivity contribution in [2.75, 3.05) is 20.3 Å². The fraction of sp³-hybridized carbons (Fsp3) is 0.545. The first-order valence-corrected chi connectivity index (χ1v) is 7.79. The number of carbonyl (C=O) groups excluding carboxylic acids is 1. The molecule has 0 radical (unpaired) electrons. The second-order valence-electron chi connectivity index (χ2n) is 4.00. The molecule has 1 aliphatic rings. The largest absolute Gasteiger partial charge is 0.381 e. The summed E-state index contributed by atoms with van der Waals surface area (Å²) in [5.74, 6) is 0.0747. The number of nitrogens with zero attached hydrogens (tertiary/aromatic N) is 1. The first-order valence-electron chi connectivity index (χ1n) is 5.39. The third-order valence-corrected chi connectivity index (χ3v) is 5.29. The molecule has 0 spiro atoms. The van der Waals surface area contributed by atoms with Crippen LogP contribution in [0.5, 0.6) is 0 Å². The first-order chi connectivity index (χ1) is 8.09. The number of ether oxygens (including phenoxy) is 1. The van der Waals surface area contributed by atoms with E-state index in [-0.39, 0.29) is 5.91 Å². The van der Waals surface area contributed by atoms with E-state index in [9.17, 15) is 4.79 Å². The molecule has 0 bridgehead atoms. The van der Waals surface area contributed by atoms with Crippen LogP contribution in [0.2, 0.25) is 0 Å². The van der Waals surface area contributed by atoms with Gasteiger partial charge in [-0.1, -0.05) is 0 Å². The maximum Gasteiger partial charge on any atom is 0.255 e. The van der Waals surface area contributed by atoms with Crippen molar-refractivity contribution in [1.82, 2.24) is 4.90 Å². The molecule has 1 amide bonds. The van der Waals surface area contributed by atoms with E-state index < -0.39 is 0 Å². The van der Waals surface area contributed by atoms with Crippen molar-refractivity contribution in [2.24, 2.45) is 0 Å². The van der Waals surface area contributed by atoms with Gasteiger partial charge in [-0.2, -0.15) is 0 Å². The summed E-state index contributed by atoms with van der Waals surface area (Å²) in [5, 5.41) is 0. The van der Waals surface area contributed by atoms with E-state index in [1.54, 1.807) is 0 Å². The van der Waals surface area contributed by atoms with E-state index in [0.717, 1.165) is 39.2 Å². The van der Waals surface area contributed by atoms with Gasteiger partial charge in [-0.3, -0.25) is 4.79 Å². The Labute approximate surface area is 121 Å². The lowest BCUT2D eigenvalue weighted by molar-refractivity contribution is 0.0362. The number of hydrogen-bond donors (Lipinski definition) is 0. The minimum atomic E-state index is 0.0747. The molecule has 6 heteroatoms. The van der Waals surface area contributed by atoms with Gasteiger partial charge in [0, 0.05) is 26.3 Å². The number of thiophene rings is 1. The van der Waals surface area contributed by atoms with Gasteiger partial charge in [0.25, 0.3) is 5.91 Å². The van der Waals surface area contributed by atoms with Crippen LogP contribution >= 0.6 is 43.2 Å². The van der Waals surface area contributed by atoms with Crippen LogP contribution in [0.3, 0.4) is 0 Å². The molecule has 2 rings (SSSR count). The molecule has 0 aromatic carbocycles. The van der Waals surface area contributed by atoms with Crippen molar-refractivity contribution in [1.29, 1.82) is 0 Å². The Balaban J connectivity index is 2.11. The summed E-state index contributed by atoms with van der Waals surface area (Å²) >= 11 is 8.34. The van der Waals surface area contributed by atoms with Crippen molar-refractivity contribution in [3.8, 4) is 0 Å². The summed E-state index contributed by atoms with van der Waals surface area (Å²) in [7, 11) is 1.87. The van der Waals surface area contributed by atoms with Crippen LogP contribution in [0.15, 0.2) is 13.6 Å². The van der Waals surface area contributed by atoms with Crippen molar-refractivity contribution in [3.05, 3.63) is 19.2 Å². The van der Waals surface area contributed by atoms with Crippen LogP contribution < -0.4 is 0 Å². The molecule has 1 aromatic rings. The lowest BCUT2D eigenvalue weighted by Gasteiger charge is -2.31. The lowest BCUT2D eigenvalue weighted by Crippen LogP contribution is -2.40. The molecule has 0 aliphatic carbocycles. The van der Waals surface area contributed by atoms with E-state index in [1.807, 2.05) is 18.0 Å². The molecule has 1 aromatic heterocycles. The summed E-state index contributed by atoms with van der Waals surface area (Å²) in [6.07, 6.45) is 1.84. The predicted octanol–water partition coefficient (Wildman–Crippen LogP) is 3.52. The van der Waals surface area contributed by atoms with Gasteiger partial charge in [-0.15, -0.1) is 11.3 Å². The smallest absolute Gasteiger partial charge is 0.255 e. The maximum absolute atomic E-state index is 12.3. The third-order valence-electron chi connectivity index (χ3n) is 2.95. The SMILES string of the molecule is CN(C(=O)c1cc(Br)sc1Br)C1CCOCC1. The molecule has 1 aliphatic heterocycles. The van der Waals surface area contributed by atoms with Gasteiger partial charge in [0.2, 0.25) is 0 Å². The highest BCUT2D eigenvalue weighted by molar-refractivity contribution is 9.12. The second kappa shape index (κ2) is 5.82. The molecular weight excluding hydrogens is 370 g/mol. The number of halogens is 2. The predicted molar refractivity (Wildman–Crippen MR) is 75.7 cm³/mol. The zero-order chi connectivity index (χ0) is 12.4. The topological polar surface area (TPSA) is 29.5 Å². The molecule has 0 atom stereocenters. The highest BCUT2D eigenvalue weighted by atomic mass is 79.9. The molecule has 17 heavy (non-hydrogen) atoms. The Kier molecular flexibility index (Phi) is 4.63. The van der Waals surface area contributed by atoms with Crippen molar-refractivity contribution >= 4 is 49.1 Å². The monoisotopic (exact) mass is 381 g/mol. The van der Waals surface area contributed by atoms with Gasteiger partial charge < -0.3 is 9.64 Å². The summed E-state index contributed by atoms with van der Waals surface area (Å²) in [5.41, 5.74) is 0.732. The lowest BCUT2D eigenvalue weighted by atomic mass is 10.1. The quantitative estimate of drug-likeness (QED) is 0.783. The molecular formula is C11H13Br2NO2S. The molecule has 1 saturated heterocycles. The Morgan fingerprint density at radius 3 is 2.65 bits per heavy atom. The number of hydrogen-bond acceptors (Lipinski definition) is 3. The highest BCUT2D eigenvalue weighted by Crippen LogP contribution is 2.33. The van der Waals surface area contributed by atoms with Gasteiger partial charge in [-0.05, 0) is 50.8 Å². The fourth-order valence-corrected chi connectivity index (χ4v) is 4.69. The minimum absolute atomic E-state index is 0.0747. The van der Waals surface area contributed by atoms with Gasteiger partial charge in [0.05, 0.1) is 13.1 Å². The summed E-state index contributed by atoms with van der Waals surface area (Å²) < 4.78 is 7.16. The zero-order valence-corrected chi connectivity index (χ0v) is 13.4. The normalized spacial score (nSPS) is 17.1. The van der Waals surface area contributed by atoms with E-state index in [1.165, 1.54) is 11.3 Å². The van der Waals surface area contributed by atoms with Gasteiger partial charge in [0.15, 0.2) is 0 Å². The van der Waals surface area contributed by atoms with Gasteiger partial charge in [-0.25, -0.2) is 0 Å². The van der Waals surface area contributed by atoms with Crippen LogP contribution in [-0.4, -0.2) is 37.1 Å². The highest BCUT2D eigenvalue weighted by Gasteiger charge is 2.25. The summed E-state index contributed by atoms with van der Waals surface area (Å²) in [4.78, 5) is 14.2. The van der Waals surface area contributed by atoms with Crippen LogP contribution in [0.1, 0.15) is 23.2 Å². The maximum atomic E-state index is 12.3. The average Bonchev–Trinajstić information content (AvgIpc) is 2.68. The summed E-state index contributed by atoms with van der Waals surface area (Å²) in [6, 6.07) is 2.16. The van der Waals surface area contributed by atoms with Crippen molar-refractivity contribution < 1.29 is 9.53 Å². The molecule has 0 unspecified atom stereocenters. The molecule has 3 nitrogen and oxygen atoms in total. The molecule has 2 heterocycles. The van der Waals surface area contributed by atoms with Gasteiger partial charge >= 0.3 is 0 Å². The van der Waals surface area contributed by atoms with E-state index in [4.69, 9.17) is 4.74 Å². The standard InChI is InChI=1S/C11H13Br2NO2S/c1-14(7-2-4-16-5-3-7)11(15)8-6-9(12)17-10(8)13/h6-7H,2-5H2,1H3. The van der Waals surface area contributed by atoms with Crippen LogP contribution in [0.25, 0.3) is 0 Å². The van der Waals surface area contributed by atoms with E-state index in [0.29, 0.717) is 6.04 Å². The zero-order valence-electron chi connectivity index (χ0n) is 9.41. The Morgan fingerprint density at radius 1 is 1.47 bits per heavy atom. The number of carbonyl (C=O) groups is 1. The van der Waals surface area contributed by atoms with E-state index in [2.05, 4.69) is 31.9 Å². The molecule has 1 fully saturated rings. The van der Waals surface area contributed by atoms with Crippen LogP contribution in [0, 0.1) is 0 Å². The Bertz CT molecular complexity index is 416. The molecule has 94 valence electrons. The number of amides is 1.